The van der Waals surface area contributed by atoms with Gasteiger partial charge in [-0.3, -0.25) is 9.36 Å². The predicted octanol–water partition coefficient (Wildman–Crippen LogP) is 4.49. The molecule has 2 heterocycles. The van der Waals surface area contributed by atoms with E-state index in [1.807, 2.05) is 49.4 Å². The highest BCUT2D eigenvalue weighted by Gasteiger charge is 2.28. The molecule has 1 aromatic heterocycles. The summed E-state index contributed by atoms with van der Waals surface area (Å²) in [5, 5.41) is 12.3. The van der Waals surface area contributed by atoms with E-state index in [2.05, 4.69) is 5.32 Å². The van der Waals surface area contributed by atoms with Crippen molar-refractivity contribution < 1.29 is 19.4 Å². The number of benzene rings is 2. The SMILES string of the molecule is COc1cccc(-c2cccc3c2C(=Cc2c(C)ccn2C(=O)O)C(=O)N3)c1. The zero-order chi connectivity index (χ0) is 19.8. The van der Waals surface area contributed by atoms with Gasteiger partial charge in [-0.1, -0.05) is 24.3 Å². The van der Waals surface area contributed by atoms with Crippen LogP contribution in [0.2, 0.25) is 0 Å². The standard InChI is InChI=1S/C22H18N2O4/c1-13-9-10-24(22(26)27)19(13)12-17-20-16(7-4-8-18(20)23-21(17)25)14-5-3-6-15(11-14)28-2/h3-12H,1-2H3,(H,23,25)(H,26,27). The molecular weight excluding hydrogens is 356 g/mol. The van der Waals surface area contributed by atoms with Gasteiger partial charge in [-0.2, -0.15) is 0 Å². The number of amides is 1. The highest BCUT2D eigenvalue weighted by atomic mass is 16.5. The zero-order valence-corrected chi connectivity index (χ0v) is 15.4. The van der Waals surface area contributed by atoms with Gasteiger partial charge in [0.15, 0.2) is 0 Å². The molecule has 1 amide bonds. The second-order valence-corrected chi connectivity index (χ2v) is 6.51. The third-order valence-corrected chi connectivity index (χ3v) is 4.83. The van der Waals surface area contributed by atoms with Gasteiger partial charge in [-0.05, 0) is 54.0 Å². The minimum Gasteiger partial charge on any atom is -0.497 e. The maximum absolute atomic E-state index is 12.7. The quantitative estimate of drug-likeness (QED) is 0.662. The monoisotopic (exact) mass is 374 g/mol. The van der Waals surface area contributed by atoms with Gasteiger partial charge >= 0.3 is 6.09 Å². The average molecular weight is 374 g/mol. The molecule has 0 fully saturated rings. The number of nitrogens with one attached hydrogen (secondary N) is 1. The number of carbonyl (C=O) groups is 2. The van der Waals surface area contributed by atoms with Crippen molar-refractivity contribution in [1.29, 1.82) is 0 Å². The molecule has 0 saturated carbocycles. The van der Waals surface area contributed by atoms with Gasteiger partial charge in [-0.15, -0.1) is 0 Å². The van der Waals surface area contributed by atoms with Crippen molar-refractivity contribution in [1.82, 2.24) is 4.57 Å². The third kappa shape index (κ3) is 2.85. The van der Waals surface area contributed by atoms with Gasteiger partial charge in [0.05, 0.1) is 18.4 Å². The van der Waals surface area contributed by atoms with E-state index in [1.54, 1.807) is 19.3 Å². The van der Waals surface area contributed by atoms with E-state index in [0.717, 1.165) is 26.8 Å². The van der Waals surface area contributed by atoms with Crippen LogP contribution >= 0.6 is 0 Å². The molecule has 0 atom stereocenters. The maximum atomic E-state index is 12.7. The van der Waals surface area contributed by atoms with Crippen LogP contribution in [0.25, 0.3) is 22.8 Å². The van der Waals surface area contributed by atoms with E-state index < -0.39 is 6.09 Å². The number of aromatic nitrogens is 1. The lowest BCUT2D eigenvalue weighted by atomic mass is 9.94. The topological polar surface area (TPSA) is 80.6 Å². The Morgan fingerprint density at radius 2 is 1.96 bits per heavy atom. The molecule has 6 heteroatoms. The fourth-order valence-corrected chi connectivity index (χ4v) is 3.45. The normalized spacial score (nSPS) is 14.1. The molecule has 140 valence electrons. The number of rotatable bonds is 3. The number of fused-ring (bicyclic) bond motifs is 1. The molecule has 2 aromatic carbocycles. The molecule has 0 saturated heterocycles. The van der Waals surface area contributed by atoms with Crippen molar-refractivity contribution in [2.45, 2.75) is 6.92 Å². The average Bonchev–Trinajstić information content (AvgIpc) is 3.22. The fourth-order valence-electron chi connectivity index (χ4n) is 3.45. The van der Waals surface area contributed by atoms with Crippen LogP contribution < -0.4 is 10.1 Å². The van der Waals surface area contributed by atoms with E-state index in [4.69, 9.17) is 4.74 Å². The smallest absolute Gasteiger partial charge is 0.415 e. The van der Waals surface area contributed by atoms with Gasteiger partial charge in [0, 0.05) is 17.4 Å². The van der Waals surface area contributed by atoms with Crippen LogP contribution in [0.5, 0.6) is 5.75 Å². The minimum absolute atomic E-state index is 0.261. The first-order valence-corrected chi connectivity index (χ1v) is 8.71. The lowest BCUT2D eigenvalue weighted by Gasteiger charge is -2.10. The van der Waals surface area contributed by atoms with Gasteiger partial charge < -0.3 is 15.2 Å². The Balaban J connectivity index is 1.93. The van der Waals surface area contributed by atoms with Crippen molar-refractivity contribution in [2.24, 2.45) is 0 Å². The molecule has 1 aliphatic rings. The Morgan fingerprint density at radius 1 is 1.18 bits per heavy atom. The number of hydrogen-bond donors (Lipinski definition) is 2. The molecule has 0 radical (unpaired) electrons. The van der Waals surface area contributed by atoms with Crippen molar-refractivity contribution >= 4 is 29.3 Å². The van der Waals surface area contributed by atoms with Crippen molar-refractivity contribution in [3.63, 3.8) is 0 Å². The Morgan fingerprint density at radius 3 is 2.71 bits per heavy atom. The van der Waals surface area contributed by atoms with E-state index >= 15 is 0 Å². The number of methoxy groups -OCH3 is 1. The minimum atomic E-state index is -1.10. The number of carboxylic acid groups (broad SMARTS) is 1. The summed E-state index contributed by atoms with van der Waals surface area (Å²) in [7, 11) is 1.60. The Hall–Kier alpha value is -3.80. The Kier molecular flexibility index (Phi) is 4.24. The molecule has 0 spiro atoms. The third-order valence-electron chi connectivity index (χ3n) is 4.83. The van der Waals surface area contributed by atoms with Crippen molar-refractivity contribution in [2.75, 3.05) is 12.4 Å². The second kappa shape index (κ2) is 6.74. The van der Waals surface area contributed by atoms with Crippen LogP contribution in [0, 0.1) is 6.92 Å². The van der Waals surface area contributed by atoms with Crippen LogP contribution in [-0.4, -0.2) is 28.8 Å². The molecule has 28 heavy (non-hydrogen) atoms. The molecule has 0 bridgehead atoms. The van der Waals surface area contributed by atoms with Gasteiger partial charge in [0.25, 0.3) is 5.91 Å². The summed E-state index contributed by atoms with van der Waals surface area (Å²) in [6.07, 6.45) is 2.01. The van der Waals surface area contributed by atoms with Crippen LogP contribution in [0.15, 0.2) is 54.7 Å². The number of aryl methyl sites for hydroxylation is 1. The Labute approximate surface area is 161 Å². The van der Waals surface area contributed by atoms with Crippen LogP contribution in [0.3, 0.4) is 0 Å². The summed E-state index contributed by atoms with van der Waals surface area (Å²) >= 11 is 0. The fraction of sp³-hybridized carbons (Fsp3) is 0.0909. The Bertz CT molecular complexity index is 1140. The lowest BCUT2D eigenvalue weighted by Crippen LogP contribution is -2.10. The van der Waals surface area contributed by atoms with E-state index in [0.29, 0.717) is 22.7 Å². The predicted molar refractivity (Wildman–Crippen MR) is 108 cm³/mol. The van der Waals surface area contributed by atoms with E-state index in [-0.39, 0.29) is 5.91 Å². The summed E-state index contributed by atoms with van der Waals surface area (Å²) in [6, 6.07) is 15.0. The molecule has 2 N–H and O–H groups in total. The van der Waals surface area contributed by atoms with E-state index in [1.165, 1.54) is 6.20 Å². The lowest BCUT2D eigenvalue weighted by molar-refractivity contribution is -0.110. The highest BCUT2D eigenvalue weighted by Crippen LogP contribution is 2.41. The first-order chi connectivity index (χ1) is 13.5. The van der Waals surface area contributed by atoms with Crippen molar-refractivity contribution in [3.05, 3.63) is 71.5 Å². The molecule has 6 nitrogen and oxygen atoms in total. The van der Waals surface area contributed by atoms with E-state index in [9.17, 15) is 14.7 Å². The number of hydrogen-bond acceptors (Lipinski definition) is 3. The summed E-state index contributed by atoms with van der Waals surface area (Å²) in [5.41, 5.74) is 4.88. The molecule has 0 unspecified atom stereocenters. The summed E-state index contributed by atoms with van der Waals surface area (Å²) < 4.78 is 6.43. The molecule has 1 aliphatic heterocycles. The number of nitrogens with zero attached hydrogens (tertiary/aromatic N) is 1. The summed E-state index contributed by atoms with van der Waals surface area (Å²) in [4.78, 5) is 24.2. The molecule has 3 aromatic rings. The number of ether oxygens (including phenoxy) is 1. The highest BCUT2D eigenvalue weighted by molar-refractivity contribution is 6.36. The van der Waals surface area contributed by atoms with Gasteiger partial charge in [0.2, 0.25) is 0 Å². The second-order valence-electron chi connectivity index (χ2n) is 6.51. The van der Waals surface area contributed by atoms with Crippen LogP contribution in [0.4, 0.5) is 10.5 Å². The first-order valence-electron chi connectivity index (χ1n) is 8.71. The number of anilines is 1. The first kappa shape index (κ1) is 17.6. The number of carbonyl (C=O) groups excluding carboxylic acids is 1. The summed E-state index contributed by atoms with van der Waals surface area (Å²) in [6.45, 7) is 1.81. The van der Waals surface area contributed by atoms with Crippen LogP contribution in [-0.2, 0) is 4.79 Å². The van der Waals surface area contributed by atoms with Crippen LogP contribution in [0.1, 0.15) is 16.8 Å². The largest absolute Gasteiger partial charge is 0.497 e. The molecule has 0 aliphatic carbocycles. The molecular formula is C22H18N2O4. The van der Waals surface area contributed by atoms with Gasteiger partial charge in [-0.25, -0.2) is 4.79 Å². The molecule has 4 rings (SSSR count). The maximum Gasteiger partial charge on any atom is 0.415 e. The summed E-state index contributed by atoms with van der Waals surface area (Å²) in [5.74, 6) is 0.455. The van der Waals surface area contributed by atoms with Gasteiger partial charge in [0.1, 0.15) is 5.75 Å². The van der Waals surface area contributed by atoms with Crippen molar-refractivity contribution in [3.8, 4) is 16.9 Å². The zero-order valence-electron chi connectivity index (χ0n) is 15.4.